The lowest BCUT2D eigenvalue weighted by atomic mass is 9.84. The van der Waals surface area contributed by atoms with Crippen LogP contribution in [0.4, 0.5) is 0 Å². The van der Waals surface area contributed by atoms with Crippen LogP contribution in [0.1, 0.15) is 53.4 Å². The molecule has 2 fully saturated rings. The summed E-state index contributed by atoms with van der Waals surface area (Å²) in [5, 5.41) is 3.79. The van der Waals surface area contributed by atoms with Gasteiger partial charge in [-0.15, -0.1) is 0 Å². The molecule has 118 valence electrons. The molecule has 3 nitrogen and oxygen atoms in total. The molecule has 0 saturated carbocycles. The summed E-state index contributed by atoms with van der Waals surface area (Å²) in [6.07, 6.45) is 5.12. The zero-order valence-electron chi connectivity index (χ0n) is 14.0. The molecule has 0 aromatic rings. The van der Waals surface area contributed by atoms with Crippen LogP contribution in [0, 0.1) is 11.3 Å². The number of piperazine rings is 1. The van der Waals surface area contributed by atoms with Crippen molar-refractivity contribution in [2.75, 3.05) is 32.8 Å². The first-order valence-electron chi connectivity index (χ1n) is 8.56. The summed E-state index contributed by atoms with van der Waals surface area (Å²) in [6, 6.07) is 1.36. The molecule has 0 aromatic carbocycles. The first kappa shape index (κ1) is 16.3. The summed E-state index contributed by atoms with van der Waals surface area (Å²) >= 11 is 0. The second-order valence-corrected chi connectivity index (χ2v) is 7.78. The van der Waals surface area contributed by atoms with Crippen LogP contribution in [0.25, 0.3) is 0 Å². The van der Waals surface area contributed by atoms with Gasteiger partial charge in [0.15, 0.2) is 0 Å². The van der Waals surface area contributed by atoms with Crippen molar-refractivity contribution in [2.45, 2.75) is 65.5 Å². The Morgan fingerprint density at radius 1 is 1.20 bits per heavy atom. The Morgan fingerprint density at radius 2 is 1.90 bits per heavy atom. The summed E-state index contributed by atoms with van der Waals surface area (Å²) in [4.78, 5) is 2.78. The van der Waals surface area contributed by atoms with Crippen molar-refractivity contribution < 1.29 is 4.74 Å². The quantitative estimate of drug-likeness (QED) is 0.858. The van der Waals surface area contributed by atoms with Crippen LogP contribution in [0.2, 0.25) is 0 Å². The minimum Gasteiger partial charge on any atom is -0.381 e. The number of rotatable bonds is 4. The third kappa shape index (κ3) is 4.44. The average molecular weight is 282 g/mol. The molecule has 0 aromatic heterocycles. The van der Waals surface area contributed by atoms with Gasteiger partial charge in [-0.1, -0.05) is 34.1 Å². The summed E-state index contributed by atoms with van der Waals surface area (Å²) in [5.74, 6) is 0.849. The molecule has 2 atom stereocenters. The molecule has 0 spiro atoms. The van der Waals surface area contributed by atoms with Crippen LogP contribution in [-0.2, 0) is 4.74 Å². The Kier molecular flexibility index (Phi) is 5.88. The van der Waals surface area contributed by atoms with Crippen molar-refractivity contribution in [1.82, 2.24) is 10.2 Å². The molecular weight excluding hydrogens is 248 g/mol. The zero-order chi connectivity index (χ0) is 14.6. The third-order valence-corrected chi connectivity index (χ3v) is 5.03. The van der Waals surface area contributed by atoms with Gasteiger partial charge in [0, 0.05) is 44.9 Å². The van der Waals surface area contributed by atoms with Gasteiger partial charge in [0.2, 0.25) is 0 Å². The largest absolute Gasteiger partial charge is 0.381 e. The maximum absolute atomic E-state index is 5.51. The van der Waals surface area contributed by atoms with Crippen LogP contribution in [0.5, 0.6) is 0 Å². The molecule has 0 amide bonds. The van der Waals surface area contributed by atoms with E-state index in [1.54, 1.807) is 0 Å². The first-order valence-corrected chi connectivity index (χ1v) is 8.56. The molecule has 0 bridgehead atoms. The fraction of sp³-hybridized carbons (Fsp3) is 1.00. The zero-order valence-corrected chi connectivity index (χ0v) is 14.0. The maximum Gasteiger partial charge on any atom is 0.0469 e. The Bertz CT molecular complexity index is 281. The normalized spacial score (nSPS) is 30.6. The van der Waals surface area contributed by atoms with Gasteiger partial charge in [-0.2, -0.15) is 0 Å². The SMILES string of the molecule is CCCC1CNC(C(C)(C)C)CN1CC1CCOCC1. The Balaban J connectivity index is 1.94. The molecule has 2 saturated heterocycles. The topological polar surface area (TPSA) is 24.5 Å². The number of hydrogen-bond donors (Lipinski definition) is 1. The van der Waals surface area contributed by atoms with Crippen molar-refractivity contribution in [1.29, 1.82) is 0 Å². The lowest BCUT2D eigenvalue weighted by Crippen LogP contribution is -2.61. The highest BCUT2D eigenvalue weighted by molar-refractivity contribution is 4.92. The fourth-order valence-electron chi connectivity index (χ4n) is 3.54. The highest BCUT2D eigenvalue weighted by atomic mass is 16.5. The van der Waals surface area contributed by atoms with E-state index in [-0.39, 0.29) is 0 Å². The number of nitrogens with one attached hydrogen (secondary N) is 1. The summed E-state index contributed by atoms with van der Waals surface area (Å²) in [6.45, 7) is 15.0. The minimum atomic E-state index is 0.352. The van der Waals surface area contributed by atoms with Crippen molar-refractivity contribution in [2.24, 2.45) is 11.3 Å². The molecule has 0 aliphatic carbocycles. The Labute approximate surface area is 125 Å². The van der Waals surface area contributed by atoms with Gasteiger partial charge >= 0.3 is 0 Å². The predicted octanol–water partition coefficient (Wildman–Crippen LogP) is 2.90. The summed E-state index contributed by atoms with van der Waals surface area (Å²) in [7, 11) is 0. The van der Waals surface area contributed by atoms with Crippen molar-refractivity contribution in [3.8, 4) is 0 Å². The van der Waals surface area contributed by atoms with E-state index in [4.69, 9.17) is 4.74 Å². The van der Waals surface area contributed by atoms with Gasteiger partial charge in [-0.25, -0.2) is 0 Å². The smallest absolute Gasteiger partial charge is 0.0469 e. The van der Waals surface area contributed by atoms with E-state index in [0.29, 0.717) is 11.5 Å². The summed E-state index contributed by atoms with van der Waals surface area (Å²) in [5.41, 5.74) is 0.352. The van der Waals surface area contributed by atoms with Gasteiger partial charge in [-0.3, -0.25) is 4.90 Å². The van der Waals surface area contributed by atoms with Crippen LogP contribution in [0.3, 0.4) is 0 Å². The van der Waals surface area contributed by atoms with Gasteiger partial charge in [0.25, 0.3) is 0 Å². The standard InChI is InChI=1S/C17H34N2O/c1-5-6-15-11-18-16(17(2,3)4)13-19(15)12-14-7-9-20-10-8-14/h14-16,18H,5-13H2,1-4H3. The van der Waals surface area contributed by atoms with Crippen molar-refractivity contribution >= 4 is 0 Å². The summed E-state index contributed by atoms with van der Waals surface area (Å²) < 4.78 is 5.51. The monoisotopic (exact) mass is 282 g/mol. The van der Waals surface area contributed by atoms with Crippen molar-refractivity contribution in [3.05, 3.63) is 0 Å². The number of hydrogen-bond acceptors (Lipinski definition) is 3. The first-order chi connectivity index (χ1) is 9.50. The molecule has 1 N–H and O–H groups in total. The molecule has 0 radical (unpaired) electrons. The Morgan fingerprint density at radius 3 is 2.50 bits per heavy atom. The average Bonchev–Trinajstić information content (AvgIpc) is 2.41. The minimum absolute atomic E-state index is 0.352. The molecule has 20 heavy (non-hydrogen) atoms. The van der Waals surface area contributed by atoms with Crippen molar-refractivity contribution in [3.63, 3.8) is 0 Å². The van der Waals surface area contributed by atoms with Gasteiger partial charge in [0.1, 0.15) is 0 Å². The number of ether oxygens (including phenoxy) is 1. The molecule has 2 aliphatic rings. The molecule has 2 unspecified atom stereocenters. The molecule has 2 aliphatic heterocycles. The van der Waals surface area contributed by atoms with E-state index in [0.717, 1.165) is 25.2 Å². The second kappa shape index (κ2) is 7.24. The Hall–Kier alpha value is -0.120. The van der Waals surface area contributed by atoms with Crippen LogP contribution in [0.15, 0.2) is 0 Å². The van der Waals surface area contributed by atoms with E-state index in [9.17, 15) is 0 Å². The van der Waals surface area contributed by atoms with E-state index in [2.05, 4.69) is 37.9 Å². The molecule has 2 rings (SSSR count). The third-order valence-electron chi connectivity index (χ3n) is 5.03. The van der Waals surface area contributed by atoms with Crippen LogP contribution in [-0.4, -0.2) is 49.8 Å². The highest BCUT2D eigenvalue weighted by Crippen LogP contribution is 2.26. The highest BCUT2D eigenvalue weighted by Gasteiger charge is 2.34. The lowest BCUT2D eigenvalue weighted by Gasteiger charge is -2.46. The molecular formula is C17H34N2O. The molecule has 3 heteroatoms. The maximum atomic E-state index is 5.51. The predicted molar refractivity (Wildman–Crippen MR) is 85.1 cm³/mol. The van der Waals surface area contributed by atoms with Gasteiger partial charge in [0.05, 0.1) is 0 Å². The van der Waals surface area contributed by atoms with E-state index in [1.807, 2.05) is 0 Å². The lowest BCUT2D eigenvalue weighted by molar-refractivity contribution is 0.0240. The van der Waals surface area contributed by atoms with Crippen LogP contribution < -0.4 is 5.32 Å². The second-order valence-electron chi connectivity index (χ2n) is 7.78. The fourth-order valence-corrected chi connectivity index (χ4v) is 3.54. The van der Waals surface area contributed by atoms with E-state index < -0.39 is 0 Å². The van der Waals surface area contributed by atoms with Gasteiger partial charge in [-0.05, 0) is 30.6 Å². The number of nitrogens with zero attached hydrogens (tertiary/aromatic N) is 1. The van der Waals surface area contributed by atoms with Crippen LogP contribution >= 0.6 is 0 Å². The van der Waals surface area contributed by atoms with E-state index >= 15 is 0 Å². The molecule has 2 heterocycles. The van der Waals surface area contributed by atoms with Gasteiger partial charge < -0.3 is 10.1 Å². The van der Waals surface area contributed by atoms with E-state index in [1.165, 1.54) is 45.3 Å².